The number of nitrogens with zero attached hydrogens (tertiary/aromatic N) is 1. The number of benzene rings is 2. The zero-order valence-corrected chi connectivity index (χ0v) is 13.7. The molecule has 22 heavy (non-hydrogen) atoms. The number of aromatic nitrogens is 1. The third-order valence-electron chi connectivity index (χ3n) is 3.59. The Morgan fingerprint density at radius 3 is 2.59 bits per heavy atom. The van der Waals surface area contributed by atoms with Crippen molar-refractivity contribution >= 4 is 22.5 Å². The lowest BCUT2D eigenvalue weighted by molar-refractivity contribution is 0.483. The van der Waals surface area contributed by atoms with Crippen molar-refractivity contribution in [3.05, 3.63) is 65.3 Å². The quantitative estimate of drug-likeness (QED) is 0.581. The van der Waals surface area contributed by atoms with Crippen molar-refractivity contribution in [1.82, 2.24) is 4.98 Å². The minimum Gasteiger partial charge on any atom is -0.457 e. The standard InChI is InChI=1S/C19H18ClNO/c1-19(2,3)13-5-4-6-15(11-13)22-18-9-10-21-17-12-14(20)7-8-16(17)18/h4-12H,1-3H3. The Hall–Kier alpha value is -2.06. The van der Waals surface area contributed by atoms with Crippen molar-refractivity contribution in [2.45, 2.75) is 26.2 Å². The van der Waals surface area contributed by atoms with Gasteiger partial charge in [0.1, 0.15) is 11.5 Å². The molecule has 0 aliphatic carbocycles. The Bertz CT molecular complexity index is 821. The van der Waals surface area contributed by atoms with Crippen LogP contribution in [-0.2, 0) is 5.41 Å². The maximum absolute atomic E-state index is 6.08. The highest BCUT2D eigenvalue weighted by molar-refractivity contribution is 6.31. The molecule has 2 aromatic carbocycles. The SMILES string of the molecule is CC(C)(C)c1cccc(Oc2ccnc3cc(Cl)ccc23)c1. The van der Waals surface area contributed by atoms with Crippen LogP contribution in [0.1, 0.15) is 26.3 Å². The first-order chi connectivity index (χ1) is 10.4. The van der Waals surface area contributed by atoms with Gasteiger partial charge in [-0.15, -0.1) is 0 Å². The van der Waals surface area contributed by atoms with Gasteiger partial charge in [0.15, 0.2) is 0 Å². The second-order valence-corrected chi connectivity index (χ2v) is 6.79. The van der Waals surface area contributed by atoms with Crippen molar-refractivity contribution in [1.29, 1.82) is 0 Å². The molecule has 0 fully saturated rings. The van der Waals surface area contributed by atoms with Crippen LogP contribution in [0.3, 0.4) is 0 Å². The van der Waals surface area contributed by atoms with Gasteiger partial charge in [0.25, 0.3) is 0 Å². The Labute approximate surface area is 135 Å². The van der Waals surface area contributed by atoms with Crippen molar-refractivity contribution in [3.8, 4) is 11.5 Å². The van der Waals surface area contributed by atoms with Gasteiger partial charge in [-0.05, 0) is 47.4 Å². The first-order valence-electron chi connectivity index (χ1n) is 7.26. The van der Waals surface area contributed by atoms with Gasteiger partial charge in [-0.25, -0.2) is 0 Å². The molecule has 0 bridgehead atoms. The van der Waals surface area contributed by atoms with Crippen LogP contribution >= 0.6 is 11.6 Å². The van der Waals surface area contributed by atoms with Gasteiger partial charge in [0.2, 0.25) is 0 Å². The van der Waals surface area contributed by atoms with Crippen LogP contribution in [0, 0.1) is 0 Å². The third kappa shape index (κ3) is 3.07. The lowest BCUT2D eigenvalue weighted by atomic mass is 9.87. The molecule has 3 heteroatoms. The smallest absolute Gasteiger partial charge is 0.138 e. The van der Waals surface area contributed by atoms with E-state index in [1.807, 2.05) is 36.4 Å². The summed E-state index contributed by atoms with van der Waals surface area (Å²) >= 11 is 6.02. The van der Waals surface area contributed by atoms with E-state index in [0.717, 1.165) is 22.4 Å². The first kappa shape index (κ1) is 14.9. The van der Waals surface area contributed by atoms with Crippen LogP contribution in [0.4, 0.5) is 0 Å². The highest BCUT2D eigenvalue weighted by atomic mass is 35.5. The minimum atomic E-state index is 0.0905. The molecule has 0 aliphatic rings. The van der Waals surface area contributed by atoms with Crippen molar-refractivity contribution < 1.29 is 4.74 Å². The minimum absolute atomic E-state index is 0.0905. The molecule has 0 N–H and O–H groups in total. The average molecular weight is 312 g/mol. The largest absolute Gasteiger partial charge is 0.457 e. The summed E-state index contributed by atoms with van der Waals surface area (Å²) < 4.78 is 6.08. The number of fused-ring (bicyclic) bond motifs is 1. The molecule has 0 amide bonds. The van der Waals surface area contributed by atoms with Crippen LogP contribution in [0.15, 0.2) is 54.7 Å². The number of hydrogen-bond acceptors (Lipinski definition) is 2. The second-order valence-electron chi connectivity index (χ2n) is 6.35. The molecule has 0 unspecified atom stereocenters. The maximum atomic E-state index is 6.08. The number of pyridine rings is 1. The lowest BCUT2D eigenvalue weighted by Crippen LogP contribution is -2.10. The number of halogens is 1. The molecule has 3 rings (SSSR count). The average Bonchev–Trinajstić information content (AvgIpc) is 2.46. The van der Waals surface area contributed by atoms with Crippen molar-refractivity contribution in [2.24, 2.45) is 0 Å². The van der Waals surface area contributed by atoms with E-state index in [4.69, 9.17) is 16.3 Å². The molecule has 2 nitrogen and oxygen atoms in total. The van der Waals surface area contributed by atoms with Crippen molar-refractivity contribution in [3.63, 3.8) is 0 Å². The fraction of sp³-hybridized carbons (Fsp3) is 0.211. The second kappa shape index (κ2) is 5.62. The molecule has 1 aromatic heterocycles. The van der Waals surface area contributed by atoms with E-state index < -0.39 is 0 Å². The Balaban J connectivity index is 2.00. The molecule has 0 spiro atoms. The van der Waals surface area contributed by atoms with E-state index in [0.29, 0.717) is 5.02 Å². The van der Waals surface area contributed by atoms with E-state index in [9.17, 15) is 0 Å². The fourth-order valence-corrected chi connectivity index (χ4v) is 2.50. The highest BCUT2D eigenvalue weighted by Crippen LogP contribution is 2.32. The van der Waals surface area contributed by atoms with Gasteiger partial charge in [-0.2, -0.15) is 0 Å². The first-order valence-corrected chi connectivity index (χ1v) is 7.64. The maximum Gasteiger partial charge on any atom is 0.138 e. The molecular formula is C19H18ClNO. The third-order valence-corrected chi connectivity index (χ3v) is 3.83. The van der Waals surface area contributed by atoms with Crippen LogP contribution in [0.2, 0.25) is 5.02 Å². The molecule has 0 aliphatic heterocycles. The summed E-state index contributed by atoms with van der Waals surface area (Å²) in [4.78, 5) is 4.34. The molecule has 0 radical (unpaired) electrons. The zero-order chi connectivity index (χ0) is 15.7. The van der Waals surface area contributed by atoms with E-state index in [1.165, 1.54) is 5.56 Å². The highest BCUT2D eigenvalue weighted by Gasteiger charge is 2.14. The van der Waals surface area contributed by atoms with Gasteiger partial charge >= 0.3 is 0 Å². The molecular weight excluding hydrogens is 294 g/mol. The van der Waals surface area contributed by atoms with E-state index >= 15 is 0 Å². The van der Waals surface area contributed by atoms with Gasteiger partial charge in [-0.3, -0.25) is 4.98 Å². The van der Waals surface area contributed by atoms with Gasteiger partial charge < -0.3 is 4.74 Å². The summed E-state index contributed by atoms with van der Waals surface area (Å²) in [6, 6.07) is 15.7. The summed E-state index contributed by atoms with van der Waals surface area (Å²) in [6.45, 7) is 6.57. The molecule has 0 saturated heterocycles. The monoisotopic (exact) mass is 311 g/mol. The van der Waals surface area contributed by atoms with Crippen molar-refractivity contribution in [2.75, 3.05) is 0 Å². The van der Waals surface area contributed by atoms with Crippen LogP contribution in [0.5, 0.6) is 11.5 Å². The predicted molar refractivity (Wildman–Crippen MR) is 92.0 cm³/mol. The van der Waals surface area contributed by atoms with Crippen LogP contribution in [-0.4, -0.2) is 4.98 Å². The molecule has 0 atom stereocenters. The molecule has 112 valence electrons. The summed E-state index contributed by atoms with van der Waals surface area (Å²) in [5.74, 6) is 1.61. The summed E-state index contributed by atoms with van der Waals surface area (Å²) in [5.41, 5.74) is 2.16. The number of rotatable bonds is 2. The Kier molecular flexibility index (Phi) is 3.79. The normalized spacial score (nSPS) is 11.6. The van der Waals surface area contributed by atoms with E-state index in [2.05, 4.69) is 37.9 Å². The molecule has 1 heterocycles. The lowest BCUT2D eigenvalue weighted by Gasteiger charge is -2.20. The topological polar surface area (TPSA) is 22.1 Å². The van der Waals surface area contributed by atoms with Gasteiger partial charge in [0, 0.05) is 16.6 Å². The predicted octanol–water partition coefficient (Wildman–Crippen LogP) is 5.98. The summed E-state index contributed by atoms with van der Waals surface area (Å²) in [6.07, 6.45) is 1.74. The van der Waals surface area contributed by atoms with E-state index in [1.54, 1.807) is 6.20 Å². The van der Waals surface area contributed by atoms with Gasteiger partial charge in [0.05, 0.1) is 5.52 Å². The summed E-state index contributed by atoms with van der Waals surface area (Å²) in [7, 11) is 0. The molecule has 0 saturated carbocycles. The summed E-state index contributed by atoms with van der Waals surface area (Å²) in [5, 5.41) is 1.62. The zero-order valence-electron chi connectivity index (χ0n) is 12.9. The Morgan fingerprint density at radius 2 is 1.82 bits per heavy atom. The Morgan fingerprint density at radius 1 is 1.00 bits per heavy atom. The number of ether oxygens (including phenoxy) is 1. The number of hydrogen-bond donors (Lipinski definition) is 0. The van der Waals surface area contributed by atoms with Gasteiger partial charge in [-0.1, -0.05) is 44.5 Å². The van der Waals surface area contributed by atoms with Crippen LogP contribution in [0.25, 0.3) is 10.9 Å². The fourth-order valence-electron chi connectivity index (χ4n) is 2.34. The van der Waals surface area contributed by atoms with E-state index in [-0.39, 0.29) is 5.41 Å². The molecule has 3 aromatic rings. The van der Waals surface area contributed by atoms with Crippen LogP contribution < -0.4 is 4.74 Å².